The van der Waals surface area contributed by atoms with E-state index < -0.39 is 37.1 Å². The van der Waals surface area contributed by atoms with E-state index in [2.05, 4.69) is 0 Å². The van der Waals surface area contributed by atoms with Crippen LogP contribution in [0, 0.1) is 5.92 Å². The molecule has 2 aromatic rings. The normalized spacial score (nSPS) is 13.8. The van der Waals surface area contributed by atoms with E-state index in [9.17, 15) is 9.59 Å². The second-order valence-corrected chi connectivity index (χ2v) is 7.41. The summed E-state index contributed by atoms with van der Waals surface area (Å²) in [5.74, 6) is -0.507. The van der Waals surface area contributed by atoms with Crippen LogP contribution in [-0.2, 0) is 11.3 Å². The van der Waals surface area contributed by atoms with Crippen molar-refractivity contribution in [2.45, 2.75) is 31.3 Å². The molecule has 6 N–H and O–H groups in total. The average molecular weight is 433 g/mol. The molecule has 0 saturated heterocycles. The highest BCUT2D eigenvalue weighted by Crippen LogP contribution is 2.33. The Hall–Kier alpha value is -2.11. The maximum atomic E-state index is 11.8. The molecule has 10 nitrogen and oxygen atoms in total. The van der Waals surface area contributed by atoms with E-state index >= 15 is 0 Å². The standard InChI is InChI=1S/C14H14ClNO5.C4H11NO3/c15-9-5-10-12(6-11(9)20-7-8-1-2-8)21-14(19)16(10)4-3-13(17)18;5-4(1-6,2-7)3-8/h5-6,8H,1-4,7H2,(H,17,18);6-8H,1-3,5H2. The number of hydrogen-bond donors (Lipinski definition) is 5. The first-order valence-corrected chi connectivity index (χ1v) is 9.39. The number of hydrogen-bond acceptors (Lipinski definition) is 8. The number of aryl methyl sites for hydroxylation is 1. The molecule has 11 heteroatoms. The number of carboxylic acids is 1. The van der Waals surface area contributed by atoms with Crippen LogP contribution >= 0.6 is 11.6 Å². The van der Waals surface area contributed by atoms with Gasteiger partial charge in [0.15, 0.2) is 5.58 Å². The van der Waals surface area contributed by atoms with Crippen LogP contribution < -0.4 is 16.2 Å². The van der Waals surface area contributed by atoms with Crippen LogP contribution in [0.5, 0.6) is 5.75 Å². The van der Waals surface area contributed by atoms with E-state index in [1.165, 1.54) is 17.4 Å². The van der Waals surface area contributed by atoms with Gasteiger partial charge >= 0.3 is 11.7 Å². The van der Waals surface area contributed by atoms with Gasteiger partial charge in [-0.15, -0.1) is 0 Å². The molecule has 29 heavy (non-hydrogen) atoms. The van der Waals surface area contributed by atoms with Gasteiger partial charge in [0.1, 0.15) is 5.75 Å². The largest absolute Gasteiger partial charge is 0.492 e. The summed E-state index contributed by atoms with van der Waals surface area (Å²) in [7, 11) is 0. The van der Waals surface area contributed by atoms with E-state index in [0.717, 1.165) is 0 Å². The minimum Gasteiger partial charge on any atom is -0.492 e. The molecular weight excluding hydrogens is 408 g/mol. The number of carbonyl (C=O) groups is 1. The van der Waals surface area contributed by atoms with Gasteiger partial charge in [0, 0.05) is 12.6 Å². The number of benzene rings is 1. The number of aliphatic hydroxyl groups excluding tert-OH is 3. The number of nitrogens with two attached hydrogens (primary N) is 1. The predicted molar refractivity (Wildman–Crippen MR) is 104 cm³/mol. The molecule has 1 aliphatic rings. The van der Waals surface area contributed by atoms with Gasteiger partial charge in [-0.2, -0.15) is 0 Å². The second-order valence-electron chi connectivity index (χ2n) is 7.00. The number of nitrogens with zero attached hydrogens (tertiary/aromatic N) is 1. The van der Waals surface area contributed by atoms with E-state index in [4.69, 9.17) is 46.9 Å². The summed E-state index contributed by atoms with van der Waals surface area (Å²) in [6.45, 7) is -0.561. The Kier molecular flexibility index (Phi) is 8.05. The SMILES string of the molecule is NC(CO)(CO)CO.O=C(O)CCn1c(=O)oc2cc(OCC3CC3)c(Cl)cc21. The molecule has 0 spiro atoms. The molecule has 0 aliphatic heterocycles. The van der Waals surface area contributed by atoms with Gasteiger partial charge in [0.2, 0.25) is 0 Å². The van der Waals surface area contributed by atoms with Gasteiger partial charge < -0.3 is 35.3 Å². The fourth-order valence-electron chi connectivity index (χ4n) is 2.24. The average Bonchev–Trinajstić information content (AvgIpc) is 3.48. The Labute approximate surface area is 171 Å². The highest BCUT2D eigenvalue weighted by Gasteiger charge is 2.23. The third-order valence-electron chi connectivity index (χ3n) is 4.39. The lowest BCUT2D eigenvalue weighted by Gasteiger charge is -2.20. The van der Waals surface area contributed by atoms with Crippen LogP contribution in [0.1, 0.15) is 19.3 Å². The Bertz CT molecular complexity index is 878. The van der Waals surface area contributed by atoms with Gasteiger partial charge in [-0.3, -0.25) is 9.36 Å². The zero-order chi connectivity index (χ0) is 21.6. The minimum atomic E-state index is -1.21. The molecule has 1 aliphatic carbocycles. The fourth-order valence-corrected chi connectivity index (χ4v) is 2.45. The zero-order valence-electron chi connectivity index (χ0n) is 15.7. The Balaban J connectivity index is 0.000000321. The third kappa shape index (κ3) is 6.44. The molecule has 0 atom stereocenters. The molecule has 0 unspecified atom stereocenters. The van der Waals surface area contributed by atoms with E-state index in [-0.39, 0.29) is 13.0 Å². The maximum absolute atomic E-state index is 11.8. The van der Waals surface area contributed by atoms with Crippen molar-refractivity contribution in [1.29, 1.82) is 0 Å². The molecule has 162 valence electrons. The number of ether oxygens (including phenoxy) is 1. The van der Waals surface area contributed by atoms with Crippen molar-refractivity contribution in [1.82, 2.24) is 4.57 Å². The molecule has 1 fully saturated rings. The monoisotopic (exact) mass is 432 g/mol. The maximum Gasteiger partial charge on any atom is 0.419 e. The minimum absolute atomic E-state index is 0.0414. The van der Waals surface area contributed by atoms with Crippen molar-refractivity contribution in [3.63, 3.8) is 0 Å². The van der Waals surface area contributed by atoms with E-state index in [1.54, 1.807) is 12.1 Å². The van der Waals surface area contributed by atoms with Crippen LogP contribution in [0.4, 0.5) is 0 Å². The van der Waals surface area contributed by atoms with Crippen molar-refractivity contribution in [2.24, 2.45) is 11.7 Å². The molecule has 0 radical (unpaired) electrons. The van der Waals surface area contributed by atoms with E-state index in [0.29, 0.717) is 34.4 Å². The summed E-state index contributed by atoms with van der Waals surface area (Å²) in [6, 6.07) is 3.16. The molecule has 0 amide bonds. The number of aromatic nitrogens is 1. The van der Waals surface area contributed by atoms with Gasteiger partial charge in [-0.25, -0.2) is 4.79 Å². The highest BCUT2D eigenvalue weighted by atomic mass is 35.5. The highest BCUT2D eigenvalue weighted by molar-refractivity contribution is 6.32. The molecule has 1 heterocycles. The zero-order valence-corrected chi connectivity index (χ0v) is 16.5. The Morgan fingerprint density at radius 3 is 2.38 bits per heavy atom. The van der Waals surface area contributed by atoms with Gasteiger partial charge in [-0.1, -0.05) is 11.6 Å². The number of aliphatic hydroxyl groups is 3. The first-order valence-electron chi connectivity index (χ1n) is 9.02. The Morgan fingerprint density at radius 1 is 1.28 bits per heavy atom. The lowest BCUT2D eigenvalue weighted by Crippen LogP contribution is -2.50. The number of carboxylic acid groups (broad SMARTS) is 1. The summed E-state index contributed by atoms with van der Waals surface area (Å²) < 4.78 is 12.0. The first kappa shape index (κ1) is 23.2. The first-order chi connectivity index (χ1) is 13.7. The number of aliphatic carboxylic acids is 1. The fraction of sp³-hybridized carbons (Fsp3) is 0.556. The molecule has 1 aromatic heterocycles. The quantitative estimate of drug-likeness (QED) is 0.370. The van der Waals surface area contributed by atoms with Crippen molar-refractivity contribution in [3.8, 4) is 5.75 Å². The second kappa shape index (κ2) is 10.1. The van der Waals surface area contributed by atoms with Crippen molar-refractivity contribution < 1.29 is 34.4 Å². The number of halogens is 1. The summed E-state index contributed by atoms with van der Waals surface area (Å²) in [5, 5.41) is 34.1. The summed E-state index contributed by atoms with van der Waals surface area (Å²) in [5.41, 5.74) is 4.76. The lowest BCUT2D eigenvalue weighted by molar-refractivity contribution is -0.137. The number of oxazole rings is 1. The van der Waals surface area contributed by atoms with E-state index in [1.807, 2.05) is 0 Å². The summed E-state index contributed by atoms with van der Waals surface area (Å²) in [6.07, 6.45) is 2.17. The van der Waals surface area contributed by atoms with Crippen LogP contribution in [0.15, 0.2) is 21.3 Å². The van der Waals surface area contributed by atoms with Crippen LogP contribution in [0.3, 0.4) is 0 Å². The molecular formula is C18H25ClN2O8. The number of fused-ring (bicyclic) bond motifs is 1. The lowest BCUT2D eigenvalue weighted by atomic mass is 10.1. The Morgan fingerprint density at radius 2 is 1.90 bits per heavy atom. The molecule has 1 saturated carbocycles. The molecule has 1 aromatic carbocycles. The molecule has 0 bridgehead atoms. The third-order valence-corrected chi connectivity index (χ3v) is 4.68. The van der Waals surface area contributed by atoms with Crippen molar-refractivity contribution in [3.05, 3.63) is 27.7 Å². The van der Waals surface area contributed by atoms with Crippen molar-refractivity contribution >= 4 is 28.7 Å². The van der Waals surface area contributed by atoms with Gasteiger partial charge in [0.05, 0.1) is 48.9 Å². The summed E-state index contributed by atoms with van der Waals surface area (Å²) >= 11 is 6.15. The van der Waals surface area contributed by atoms with Crippen LogP contribution in [0.25, 0.3) is 11.1 Å². The molecule has 3 rings (SSSR count). The van der Waals surface area contributed by atoms with Crippen molar-refractivity contribution in [2.75, 3.05) is 26.4 Å². The number of rotatable bonds is 9. The van der Waals surface area contributed by atoms with Crippen LogP contribution in [0.2, 0.25) is 5.02 Å². The van der Waals surface area contributed by atoms with Gasteiger partial charge in [0.25, 0.3) is 0 Å². The predicted octanol–water partition coefficient (Wildman–Crippen LogP) is 0.172. The topological polar surface area (TPSA) is 168 Å². The van der Waals surface area contributed by atoms with Gasteiger partial charge in [-0.05, 0) is 24.8 Å². The summed E-state index contributed by atoms with van der Waals surface area (Å²) in [4.78, 5) is 22.4. The van der Waals surface area contributed by atoms with Crippen LogP contribution in [-0.4, -0.2) is 62.9 Å². The smallest absolute Gasteiger partial charge is 0.419 e.